The van der Waals surface area contributed by atoms with Gasteiger partial charge >= 0.3 is 0 Å². The molecule has 2 aromatic rings. The lowest BCUT2D eigenvalue weighted by atomic mass is 10.4. The Morgan fingerprint density at radius 1 is 1.14 bits per heavy atom. The summed E-state index contributed by atoms with van der Waals surface area (Å²) in [6.45, 7) is -0.427. The van der Waals surface area contributed by atoms with E-state index in [1.807, 2.05) is 0 Å². The Bertz CT molecular complexity index is 720. The smallest absolute Gasteiger partial charge is 0.241 e. The quantitative estimate of drug-likeness (QED) is 0.855. The Labute approximate surface area is 126 Å². The van der Waals surface area contributed by atoms with Crippen LogP contribution >= 0.6 is 11.6 Å². The van der Waals surface area contributed by atoms with E-state index < -0.39 is 22.5 Å². The first-order valence-corrected chi connectivity index (χ1v) is 7.65. The molecule has 7 nitrogen and oxygen atoms in total. The van der Waals surface area contributed by atoms with Crippen molar-refractivity contribution < 1.29 is 13.2 Å². The van der Waals surface area contributed by atoms with Crippen LogP contribution in [0.15, 0.2) is 47.6 Å². The summed E-state index contributed by atoms with van der Waals surface area (Å²) in [4.78, 5) is 19.2. The number of benzene rings is 1. The number of carbonyl (C=O) groups is 1. The van der Waals surface area contributed by atoms with E-state index in [2.05, 4.69) is 20.0 Å². The highest BCUT2D eigenvalue weighted by Crippen LogP contribution is 2.13. The zero-order chi connectivity index (χ0) is 15.3. The first-order chi connectivity index (χ1) is 9.97. The second kappa shape index (κ2) is 6.61. The number of anilines is 1. The van der Waals surface area contributed by atoms with Crippen LogP contribution in [0.5, 0.6) is 0 Å². The van der Waals surface area contributed by atoms with Gasteiger partial charge in [0, 0.05) is 17.4 Å². The summed E-state index contributed by atoms with van der Waals surface area (Å²) < 4.78 is 26.0. The molecule has 1 aromatic heterocycles. The lowest BCUT2D eigenvalue weighted by Crippen LogP contribution is -2.33. The predicted octanol–water partition coefficient (Wildman–Crippen LogP) is 1.05. The normalized spacial score (nSPS) is 11.1. The number of rotatable bonds is 5. The zero-order valence-electron chi connectivity index (χ0n) is 10.7. The van der Waals surface area contributed by atoms with Crippen molar-refractivity contribution in [2.45, 2.75) is 4.90 Å². The highest BCUT2D eigenvalue weighted by Gasteiger charge is 2.15. The fraction of sp³-hybridized carbons (Fsp3) is 0.0833. The van der Waals surface area contributed by atoms with Gasteiger partial charge in [-0.2, -0.15) is 0 Å². The SMILES string of the molecule is O=C(CNS(=O)(=O)c1ccc(Cl)cc1)Nc1ncccn1. The van der Waals surface area contributed by atoms with Crippen molar-refractivity contribution in [2.24, 2.45) is 0 Å². The first kappa shape index (κ1) is 15.4. The van der Waals surface area contributed by atoms with E-state index in [0.717, 1.165) is 0 Å². The number of nitrogens with zero attached hydrogens (tertiary/aromatic N) is 2. The molecule has 0 aliphatic carbocycles. The molecule has 0 bridgehead atoms. The monoisotopic (exact) mass is 326 g/mol. The molecule has 21 heavy (non-hydrogen) atoms. The summed E-state index contributed by atoms with van der Waals surface area (Å²) >= 11 is 5.69. The number of halogens is 1. The summed E-state index contributed by atoms with van der Waals surface area (Å²) in [6.07, 6.45) is 2.92. The third-order valence-corrected chi connectivity index (χ3v) is 4.03. The Morgan fingerprint density at radius 2 is 1.76 bits per heavy atom. The summed E-state index contributed by atoms with van der Waals surface area (Å²) in [6, 6.07) is 7.20. The van der Waals surface area contributed by atoms with Gasteiger partial charge in [-0.05, 0) is 30.3 Å². The van der Waals surface area contributed by atoms with Gasteiger partial charge in [-0.3, -0.25) is 10.1 Å². The molecule has 2 rings (SSSR count). The van der Waals surface area contributed by atoms with Gasteiger partial charge in [0.25, 0.3) is 0 Å². The van der Waals surface area contributed by atoms with E-state index >= 15 is 0 Å². The van der Waals surface area contributed by atoms with Crippen LogP contribution in [0.3, 0.4) is 0 Å². The lowest BCUT2D eigenvalue weighted by Gasteiger charge is -2.07. The number of sulfonamides is 1. The third-order valence-electron chi connectivity index (χ3n) is 2.36. The molecule has 110 valence electrons. The largest absolute Gasteiger partial charge is 0.293 e. The highest BCUT2D eigenvalue weighted by atomic mass is 35.5. The number of carbonyl (C=O) groups excluding carboxylic acids is 1. The Morgan fingerprint density at radius 3 is 2.38 bits per heavy atom. The molecule has 1 amide bonds. The van der Waals surface area contributed by atoms with Crippen LogP contribution in [0.1, 0.15) is 0 Å². The van der Waals surface area contributed by atoms with Crippen molar-refractivity contribution in [1.82, 2.24) is 14.7 Å². The zero-order valence-corrected chi connectivity index (χ0v) is 12.2. The number of amides is 1. The van der Waals surface area contributed by atoms with Gasteiger partial charge in [-0.25, -0.2) is 23.1 Å². The highest BCUT2D eigenvalue weighted by molar-refractivity contribution is 7.89. The van der Waals surface area contributed by atoms with Gasteiger partial charge in [0.05, 0.1) is 11.4 Å². The van der Waals surface area contributed by atoms with Crippen LogP contribution in [0.25, 0.3) is 0 Å². The predicted molar refractivity (Wildman–Crippen MR) is 77.3 cm³/mol. The van der Waals surface area contributed by atoms with E-state index in [1.165, 1.54) is 36.7 Å². The Balaban J connectivity index is 1.95. The molecule has 1 aromatic carbocycles. The number of hydrogen-bond donors (Lipinski definition) is 2. The summed E-state index contributed by atoms with van der Waals surface area (Å²) in [5.74, 6) is -0.466. The average Bonchev–Trinajstić information content (AvgIpc) is 2.47. The summed E-state index contributed by atoms with van der Waals surface area (Å²) in [5, 5.41) is 2.79. The second-order valence-electron chi connectivity index (χ2n) is 3.90. The number of hydrogen-bond acceptors (Lipinski definition) is 5. The van der Waals surface area contributed by atoms with E-state index in [4.69, 9.17) is 11.6 Å². The fourth-order valence-electron chi connectivity index (χ4n) is 1.39. The molecule has 0 saturated heterocycles. The average molecular weight is 327 g/mol. The third kappa shape index (κ3) is 4.48. The van der Waals surface area contributed by atoms with E-state index in [9.17, 15) is 13.2 Å². The topological polar surface area (TPSA) is 101 Å². The number of aromatic nitrogens is 2. The maximum Gasteiger partial charge on any atom is 0.241 e. The minimum absolute atomic E-state index is 0.0238. The van der Waals surface area contributed by atoms with Crippen molar-refractivity contribution in [3.8, 4) is 0 Å². The molecule has 0 atom stereocenters. The Hall–Kier alpha value is -2.03. The van der Waals surface area contributed by atoms with Gasteiger partial charge in [0.1, 0.15) is 0 Å². The first-order valence-electron chi connectivity index (χ1n) is 5.79. The minimum atomic E-state index is -3.77. The van der Waals surface area contributed by atoms with Gasteiger partial charge in [0.15, 0.2) is 0 Å². The van der Waals surface area contributed by atoms with Crippen LogP contribution in [0, 0.1) is 0 Å². The molecule has 0 saturated carbocycles. The van der Waals surface area contributed by atoms with Crippen LogP contribution < -0.4 is 10.0 Å². The van der Waals surface area contributed by atoms with Crippen LogP contribution in [-0.2, 0) is 14.8 Å². The maximum absolute atomic E-state index is 11.9. The standard InChI is InChI=1S/C12H11ClN4O3S/c13-9-2-4-10(5-3-9)21(19,20)16-8-11(18)17-12-14-6-1-7-15-12/h1-7,16H,8H2,(H,14,15,17,18). The molecular formula is C12H11ClN4O3S. The molecule has 2 N–H and O–H groups in total. The number of nitrogens with one attached hydrogen (secondary N) is 2. The van der Waals surface area contributed by atoms with Crippen LogP contribution in [0.4, 0.5) is 5.95 Å². The van der Waals surface area contributed by atoms with Gasteiger partial charge in [0.2, 0.25) is 21.9 Å². The molecule has 0 spiro atoms. The molecule has 1 heterocycles. The lowest BCUT2D eigenvalue weighted by molar-refractivity contribution is -0.115. The molecule has 9 heteroatoms. The fourth-order valence-corrected chi connectivity index (χ4v) is 2.50. The Kier molecular flexibility index (Phi) is 4.84. The van der Waals surface area contributed by atoms with Crippen molar-refractivity contribution in [3.63, 3.8) is 0 Å². The maximum atomic E-state index is 11.9. The molecule has 0 aliphatic rings. The van der Waals surface area contributed by atoms with Crippen molar-refractivity contribution in [3.05, 3.63) is 47.7 Å². The van der Waals surface area contributed by atoms with Crippen LogP contribution in [0.2, 0.25) is 5.02 Å². The van der Waals surface area contributed by atoms with Gasteiger partial charge in [-0.1, -0.05) is 11.6 Å². The van der Waals surface area contributed by atoms with Crippen molar-refractivity contribution in [1.29, 1.82) is 0 Å². The summed E-state index contributed by atoms with van der Waals surface area (Å²) in [5.41, 5.74) is 0. The molecule has 0 radical (unpaired) electrons. The van der Waals surface area contributed by atoms with Crippen LogP contribution in [-0.4, -0.2) is 30.8 Å². The molecule has 0 aliphatic heterocycles. The molecule has 0 unspecified atom stereocenters. The van der Waals surface area contributed by atoms with Gasteiger partial charge in [-0.15, -0.1) is 0 Å². The molecular weight excluding hydrogens is 316 g/mol. The van der Waals surface area contributed by atoms with Crippen molar-refractivity contribution >= 4 is 33.5 Å². The summed E-state index contributed by atoms with van der Waals surface area (Å²) in [7, 11) is -3.77. The van der Waals surface area contributed by atoms with E-state index in [1.54, 1.807) is 6.07 Å². The second-order valence-corrected chi connectivity index (χ2v) is 6.10. The van der Waals surface area contributed by atoms with Crippen molar-refractivity contribution in [2.75, 3.05) is 11.9 Å². The van der Waals surface area contributed by atoms with E-state index in [-0.39, 0.29) is 10.8 Å². The minimum Gasteiger partial charge on any atom is -0.293 e. The van der Waals surface area contributed by atoms with Gasteiger partial charge < -0.3 is 0 Å². The van der Waals surface area contributed by atoms with E-state index in [0.29, 0.717) is 5.02 Å². The molecule has 0 fully saturated rings.